The van der Waals surface area contributed by atoms with E-state index in [9.17, 15) is 13.6 Å². The van der Waals surface area contributed by atoms with Crippen LogP contribution in [-0.4, -0.2) is 52.4 Å². The van der Waals surface area contributed by atoms with Crippen LogP contribution in [0.3, 0.4) is 0 Å². The summed E-state index contributed by atoms with van der Waals surface area (Å²) in [6.07, 6.45) is 1.51. The van der Waals surface area contributed by atoms with E-state index in [0.29, 0.717) is 23.4 Å². The molecule has 0 saturated carbocycles. The van der Waals surface area contributed by atoms with Gasteiger partial charge >= 0.3 is 6.55 Å². The van der Waals surface area contributed by atoms with Crippen LogP contribution in [0.5, 0.6) is 0 Å². The Morgan fingerprint density at radius 3 is 2.58 bits per heavy atom. The summed E-state index contributed by atoms with van der Waals surface area (Å²) in [6.45, 7) is -0.796. The fraction of sp³-hybridized carbons (Fsp3) is 0.529. The van der Waals surface area contributed by atoms with Gasteiger partial charge in [0.05, 0.1) is 17.6 Å². The summed E-state index contributed by atoms with van der Waals surface area (Å²) < 4.78 is 27.9. The highest BCUT2D eigenvalue weighted by atomic mass is 19.3. The molecule has 1 saturated heterocycles. The first-order valence-corrected chi connectivity index (χ1v) is 8.15. The minimum absolute atomic E-state index is 0.0326. The van der Waals surface area contributed by atoms with Gasteiger partial charge in [0.25, 0.3) is 0 Å². The van der Waals surface area contributed by atoms with Gasteiger partial charge < -0.3 is 4.90 Å². The summed E-state index contributed by atoms with van der Waals surface area (Å²) >= 11 is 0. The summed E-state index contributed by atoms with van der Waals surface area (Å²) in [6, 6.07) is 6.96. The van der Waals surface area contributed by atoms with Crippen molar-refractivity contribution in [3.8, 4) is 0 Å². The highest BCUT2D eigenvalue weighted by Crippen LogP contribution is 2.26. The van der Waals surface area contributed by atoms with E-state index in [4.69, 9.17) is 0 Å². The number of benzene rings is 1. The van der Waals surface area contributed by atoms with Crippen molar-refractivity contribution in [3.63, 3.8) is 0 Å². The van der Waals surface area contributed by atoms with Crippen molar-refractivity contribution in [1.29, 1.82) is 0 Å². The molecule has 1 aliphatic heterocycles. The molecule has 2 aromatic rings. The van der Waals surface area contributed by atoms with Gasteiger partial charge in [-0.05, 0) is 38.1 Å². The molecule has 7 heteroatoms. The van der Waals surface area contributed by atoms with Gasteiger partial charge in [-0.25, -0.2) is 4.98 Å². The molecule has 0 bridgehead atoms. The maximum Gasteiger partial charge on any atom is 0.320 e. The Hall–Kier alpha value is -2.02. The highest BCUT2D eigenvalue weighted by Gasteiger charge is 2.27. The predicted octanol–water partition coefficient (Wildman–Crippen LogP) is 2.73. The zero-order valence-corrected chi connectivity index (χ0v) is 14.0. The van der Waals surface area contributed by atoms with Crippen LogP contribution in [0, 0.1) is 5.92 Å². The van der Waals surface area contributed by atoms with Crippen molar-refractivity contribution in [1.82, 2.24) is 19.4 Å². The minimum atomic E-state index is -2.61. The van der Waals surface area contributed by atoms with Gasteiger partial charge in [0, 0.05) is 20.0 Å². The number of piperidine rings is 1. The summed E-state index contributed by atoms with van der Waals surface area (Å²) in [7, 11) is 3.53. The molecule has 5 nitrogen and oxygen atoms in total. The lowest BCUT2D eigenvalue weighted by molar-refractivity contribution is -0.134. The van der Waals surface area contributed by atoms with Crippen LogP contribution in [0.15, 0.2) is 24.3 Å². The van der Waals surface area contributed by atoms with E-state index in [1.807, 2.05) is 0 Å². The van der Waals surface area contributed by atoms with E-state index < -0.39 is 6.55 Å². The number of hydrogen-bond acceptors (Lipinski definition) is 3. The first kappa shape index (κ1) is 16.8. The van der Waals surface area contributed by atoms with E-state index in [2.05, 4.69) is 9.88 Å². The number of alkyl halides is 2. The second-order valence-electron chi connectivity index (χ2n) is 6.45. The number of imidazole rings is 1. The van der Waals surface area contributed by atoms with Crippen molar-refractivity contribution in [2.45, 2.75) is 25.9 Å². The maximum atomic E-state index is 13.5. The zero-order valence-electron chi connectivity index (χ0n) is 14.0. The third-order valence-corrected chi connectivity index (χ3v) is 4.61. The fourth-order valence-corrected chi connectivity index (χ4v) is 3.33. The molecule has 0 unspecified atom stereocenters. The molecular formula is C17H22F2N4O. The number of aromatic nitrogens is 2. The standard InChI is InChI=1S/C17H22F2N4O/c1-21(2)16(24)12-7-9-22(10-8-12)11-15-20-13-5-3-4-6-14(13)23(15)17(18)19/h3-6,12,17H,7-11H2,1-2H3. The van der Waals surface area contributed by atoms with Gasteiger partial charge in [-0.3, -0.25) is 14.3 Å². The molecule has 1 aliphatic rings. The third-order valence-electron chi connectivity index (χ3n) is 4.61. The molecule has 3 rings (SSSR count). The average molecular weight is 336 g/mol. The molecule has 0 N–H and O–H groups in total. The SMILES string of the molecule is CN(C)C(=O)C1CCN(Cc2nc3ccccc3n2C(F)F)CC1. The van der Waals surface area contributed by atoms with E-state index in [1.54, 1.807) is 43.3 Å². The third kappa shape index (κ3) is 3.26. The van der Waals surface area contributed by atoms with Gasteiger partial charge in [-0.15, -0.1) is 0 Å². The van der Waals surface area contributed by atoms with Crippen molar-refractivity contribution < 1.29 is 13.6 Å². The smallest absolute Gasteiger partial charge is 0.320 e. The number of carbonyl (C=O) groups is 1. The highest BCUT2D eigenvalue weighted by molar-refractivity contribution is 5.78. The molecule has 1 fully saturated rings. The van der Waals surface area contributed by atoms with Crippen LogP contribution in [0.25, 0.3) is 11.0 Å². The van der Waals surface area contributed by atoms with E-state index >= 15 is 0 Å². The number of hydrogen-bond donors (Lipinski definition) is 0. The van der Waals surface area contributed by atoms with Crippen LogP contribution in [-0.2, 0) is 11.3 Å². The van der Waals surface area contributed by atoms with E-state index in [-0.39, 0.29) is 11.8 Å². The zero-order chi connectivity index (χ0) is 17.3. The van der Waals surface area contributed by atoms with Crippen LogP contribution in [0.4, 0.5) is 8.78 Å². The van der Waals surface area contributed by atoms with Crippen molar-refractivity contribution in [3.05, 3.63) is 30.1 Å². The molecule has 130 valence electrons. The molecule has 0 atom stereocenters. The predicted molar refractivity (Wildman–Crippen MR) is 87.7 cm³/mol. The Kier molecular flexibility index (Phi) is 4.80. The van der Waals surface area contributed by atoms with Crippen molar-refractivity contribution in [2.24, 2.45) is 5.92 Å². The number of amides is 1. The van der Waals surface area contributed by atoms with E-state index in [1.165, 1.54) is 0 Å². The lowest BCUT2D eigenvalue weighted by Crippen LogP contribution is -2.40. The minimum Gasteiger partial charge on any atom is -0.349 e. The van der Waals surface area contributed by atoms with Gasteiger partial charge in [-0.2, -0.15) is 8.78 Å². The molecule has 0 aliphatic carbocycles. The molecular weight excluding hydrogens is 314 g/mol. The fourth-order valence-electron chi connectivity index (χ4n) is 3.33. The molecule has 1 amide bonds. The van der Waals surface area contributed by atoms with Crippen LogP contribution in [0.2, 0.25) is 0 Å². The summed E-state index contributed by atoms with van der Waals surface area (Å²) in [5, 5.41) is 0. The summed E-state index contributed by atoms with van der Waals surface area (Å²) in [5.41, 5.74) is 1.05. The Morgan fingerprint density at radius 2 is 1.96 bits per heavy atom. The first-order valence-electron chi connectivity index (χ1n) is 8.15. The first-order chi connectivity index (χ1) is 11.5. The van der Waals surface area contributed by atoms with Crippen LogP contribution < -0.4 is 0 Å². The second-order valence-corrected chi connectivity index (χ2v) is 6.45. The second kappa shape index (κ2) is 6.84. The van der Waals surface area contributed by atoms with Crippen molar-refractivity contribution in [2.75, 3.05) is 27.2 Å². The number of para-hydroxylation sites is 2. The lowest BCUT2D eigenvalue weighted by Gasteiger charge is -2.32. The van der Waals surface area contributed by atoms with Crippen molar-refractivity contribution >= 4 is 16.9 Å². The quantitative estimate of drug-likeness (QED) is 0.862. The molecule has 0 radical (unpaired) electrons. The number of halogens is 2. The molecule has 2 heterocycles. The summed E-state index contributed by atoms with van der Waals surface area (Å²) in [4.78, 5) is 20.1. The van der Waals surface area contributed by atoms with Crippen LogP contribution >= 0.6 is 0 Å². The Labute approximate surface area is 139 Å². The van der Waals surface area contributed by atoms with E-state index in [0.717, 1.165) is 30.5 Å². The molecule has 1 aromatic heterocycles. The Balaban J connectivity index is 1.72. The molecule has 0 spiro atoms. The Morgan fingerprint density at radius 1 is 1.29 bits per heavy atom. The lowest BCUT2D eigenvalue weighted by atomic mass is 9.95. The van der Waals surface area contributed by atoms with Gasteiger partial charge in [-0.1, -0.05) is 12.1 Å². The number of fused-ring (bicyclic) bond motifs is 1. The number of rotatable bonds is 4. The number of likely N-dealkylation sites (tertiary alicyclic amines) is 1. The number of nitrogens with zero attached hydrogens (tertiary/aromatic N) is 4. The monoisotopic (exact) mass is 336 g/mol. The van der Waals surface area contributed by atoms with Gasteiger partial charge in [0.2, 0.25) is 5.91 Å². The topological polar surface area (TPSA) is 41.4 Å². The van der Waals surface area contributed by atoms with Gasteiger partial charge in [0.1, 0.15) is 5.82 Å². The normalized spacial score (nSPS) is 16.9. The number of carbonyl (C=O) groups excluding carboxylic acids is 1. The van der Waals surface area contributed by atoms with Gasteiger partial charge in [0.15, 0.2) is 0 Å². The molecule has 24 heavy (non-hydrogen) atoms. The summed E-state index contributed by atoms with van der Waals surface area (Å²) in [5.74, 6) is 0.559. The maximum absolute atomic E-state index is 13.5. The Bertz CT molecular complexity index is 720. The average Bonchev–Trinajstić information content (AvgIpc) is 2.92. The largest absolute Gasteiger partial charge is 0.349 e. The van der Waals surface area contributed by atoms with Crippen LogP contribution in [0.1, 0.15) is 25.2 Å². The molecule has 1 aromatic carbocycles.